The number of carbonyl (C=O) groups excluding carboxylic acids is 2. The number of hydrogen-bond donors (Lipinski definition) is 1. The minimum Gasteiger partial charge on any atom is -0.497 e. The SMILES string of the molecule is COc1ccc(-c2ccc(CNC(=O)CC3SC(=S)N(CC(C)C)C3=O)cc2)cc1. The molecule has 1 unspecified atom stereocenters. The molecular formula is C23H26N2O3S2. The first kappa shape index (κ1) is 22.3. The maximum Gasteiger partial charge on any atom is 0.242 e. The Labute approximate surface area is 187 Å². The van der Waals surface area contributed by atoms with Gasteiger partial charge in [0, 0.05) is 19.5 Å². The van der Waals surface area contributed by atoms with Gasteiger partial charge >= 0.3 is 0 Å². The quantitative estimate of drug-likeness (QED) is 0.619. The van der Waals surface area contributed by atoms with Gasteiger partial charge in [-0.2, -0.15) is 0 Å². The first-order valence-corrected chi connectivity index (χ1v) is 11.2. The fourth-order valence-corrected chi connectivity index (χ4v) is 4.71. The Morgan fingerprint density at radius 1 is 1.13 bits per heavy atom. The molecule has 1 aliphatic heterocycles. The van der Waals surface area contributed by atoms with Gasteiger partial charge in [-0.05, 0) is 34.7 Å². The molecule has 30 heavy (non-hydrogen) atoms. The molecular weight excluding hydrogens is 416 g/mol. The minimum atomic E-state index is -0.423. The van der Waals surface area contributed by atoms with Gasteiger partial charge in [-0.15, -0.1) is 0 Å². The highest BCUT2D eigenvalue weighted by Gasteiger charge is 2.38. The molecule has 0 bridgehead atoms. The van der Waals surface area contributed by atoms with Crippen LogP contribution in [0.25, 0.3) is 11.1 Å². The van der Waals surface area contributed by atoms with Crippen LogP contribution in [-0.2, 0) is 16.1 Å². The first-order chi connectivity index (χ1) is 14.4. The van der Waals surface area contributed by atoms with Crippen molar-refractivity contribution in [3.63, 3.8) is 0 Å². The van der Waals surface area contributed by atoms with E-state index in [0.717, 1.165) is 22.4 Å². The number of carbonyl (C=O) groups is 2. The Morgan fingerprint density at radius 2 is 1.73 bits per heavy atom. The molecule has 1 fully saturated rings. The zero-order valence-corrected chi connectivity index (χ0v) is 19.0. The van der Waals surface area contributed by atoms with Gasteiger partial charge in [0.25, 0.3) is 0 Å². The fraction of sp³-hybridized carbons (Fsp3) is 0.348. The molecule has 1 N–H and O–H groups in total. The van der Waals surface area contributed by atoms with Crippen molar-refractivity contribution >= 4 is 40.1 Å². The zero-order valence-electron chi connectivity index (χ0n) is 17.4. The smallest absolute Gasteiger partial charge is 0.242 e. The van der Waals surface area contributed by atoms with Crippen LogP contribution in [0.5, 0.6) is 5.75 Å². The number of nitrogens with zero attached hydrogens (tertiary/aromatic N) is 1. The highest BCUT2D eigenvalue weighted by Crippen LogP contribution is 2.30. The molecule has 5 nitrogen and oxygen atoms in total. The maximum absolute atomic E-state index is 12.5. The number of hydrogen-bond acceptors (Lipinski definition) is 5. The molecule has 0 aromatic heterocycles. The second-order valence-corrected chi connectivity index (χ2v) is 9.46. The van der Waals surface area contributed by atoms with Crippen molar-refractivity contribution in [2.45, 2.75) is 32.1 Å². The second kappa shape index (κ2) is 10.1. The van der Waals surface area contributed by atoms with E-state index >= 15 is 0 Å². The summed E-state index contributed by atoms with van der Waals surface area (Å²) in [6, 6.07) is 15.9. The Kier molecular flexibility index (Phi) is 7.50. The highest BCUT2D eigenvalue weighted by atomic mass is 32.2. The van der Waals surface area contributed by atoms with Crippen LogP contribution in [0.1, 0.15) is 25.8 Å². The molecule has 2 aromatic carbocycles. The van der Waals surface area contributed by atoms with Gasteiger partial charge in [-0.1, -0.05) is 74.2 Å². The number of thioether (sulfide) groups is 1. The van der Waals surface area contributed by atoms with Gasteiger partial charge in [0.1, 0.15) is 10.1 Å². The van der Waals surface area contributed by atoms with Gasteiger partial charge in [-0.25, -0.2) is 0 Å². The van der Waals surface area contributed by atoms with Crippen molar-refractivity contribution < 1.29 is 14.3 Å². The third-order valence-corrected chi connectivity index (χ3v) is 6.37. The van der Waals surface area contributed by atoms with E-state index in [2.05, 4.69) is 5.32 Å². The van der Waals surface area contributed by atoms with Crippen molar-refractivity contribution in [3.8, 4) is 16.9 Å². The molecule has 2 amide bonds. The Morgan fingerprint density at radius 3 is 2.30 bits per heavy atom. The van der Waals surface area contributed by atoms with Gasteiger partial charge in [0.2, 0.25) is 11.8 Å². The molecule has 1 heterocycles. The summed E-state index contributed by atoms with van der Waals surface area (Å²) in [6.07, 6.45) is 0.141. The lowest BCUT2D eigenvalue weighted by molar-refractivity contribution is -0.129. The van der Waals surface area contributed by atoms with Gasteiger partial charge in [-0.3, -0.25) is 14.5 Å². The third-order valence-electron chi connectivity index (χ3n) is 4.79. The number of amides is 2. The highest BCUT2D eigenvalue weighted by molar-refractivity contribution is 8.24. The lowest BCUT2D eigenvalue weighted by Crippen LogP contribution is -2.36. The van der Waals surface area contributed by atoms with Gasteiger partial charge in [0.15, 0.2) is 0 Å². The molecule has 0 spiro atoms. The summed E-state index contributed by atoms with van der Waals surface area (Å²) >= 11 is 6.62. The lowest BCUT2D eigenvalue weighted by atomic mass is 10.0. The number of rotatable bonds is 8. The van der Waals surface area contributed by atoms with E-state index in [4.69, 9.17) is 17.0 Å². The predicted molar refractivity (Wildman–Crippen MR) is 125 cm³/mol. The monoisotopic (exact) mass is 442 g/mol. The van der Waals surface area contributed by atoms with Crippen molar-refractivity contribution in [2.75, 3.05) is 13.7 Å². The summed E-state index contributed by atoms with van der Waals surface area (Å²) in [7, 11) is 1.65. The lowest BCUT2D eigenvalue weighted by Gasteiger charge is -2.17. The Hall–Kier alpha value is -2.38. The van der Waals surface area contributed by atoms with Crippen molar-refractivity contribution in [1.29, 1.82) is 0 Å². The van der Waals surface area contributed by atoms with E-state index in [0.29, 0.717) is 23.3 Å². The number of ether oxygens (including phenoxy) is 1. The van der Waals surface area contributed by atoms with E-state index in [1.165, 1.54) is 11.8 Å². The summed E-state index contributed by atoms with van der Waals surface area (Å²) in [4.78, 5) is 26.5. The van der Waals surface area contributed by atoms with Gasteiger partial charge in [0.05, 0.1) is 12.4 Å². The third kappa shape index (κ3) is 5.61. The summed E-state index contributed by atoms with van der Waals surface area (Å²) in [5.41, 5.74) is 3.20. The van der Waals surface area contributed by atoms with E-state index in [1.807, 2.05) is 62.4 Å². The average molecular weight is 443 g/mol. The summed E-state index contributed by atoms with van der Waals surface area (Å²) in [5, 5.41) is 2.49. The molecule has 3 rings (SSSR count). The molecule has 0 aliphatic carbocycles. The predicted octanol–water partition coefficient (Wildman–Crippen LogP) is 4.25. The van der Waals surface area contributed by atoms with Gasteiger partial charge < -0.3 is 10.1 Å². The molecule has 0 saturated carbocycles. The maximum atomic E-state index is 12.5. The first-order valence-electron chi connectivity index (χ1n) is 9.89. The van der Waals surface area contributed by atoms with Crippen LogP contribution < -0.4 is 10.1 Å². The summed E-state index contributed by atoms with van der Waals surface area (Å²) < 4.78 is 5.76. The van der Waals surface area contributed by atoms with Crippen LogP contribution in [0.3, 0.4) is 0 Å². The molecule has 2 aromatic rings. The van der Waals surface area contributed by atoms with Crippen LogP contribution in [0.4, 0.5) is 0 Å². The van der Waals surface area contributed by atoms with Crippen molar-refractivity contribution in [1.82, 2.24) is 10.2 Å². The van der Waals surface area contributed by atoms with Crippen LogP contribution in [0.15, 0.2) is 48.5 Å². The van der Waals surface area contributed by atoms with Crippen LogP contribution in [-0.4, -0.2) is 39.9 Å². The Balaban J connectivity index is 1.51. The molecule has 1 saturated heterocycles. The molecule has 1 atom stereocenters. The van der Waals surface area contributed by atoms with Crippen LogP contribution in [0.2, 0.25) is 0 Å². The van der Waals surface area contributed by atoms with Crippen molar-refractivity contribution in [3.05, 3.63) is 54.1 Å². The largest absolute Gasteiger partial charge is 0.497 e. The zero-order chi connectivity index (χ0) is 21.7. The average Bonchev–Trinajstić information content (AvgIpc) is 2.99. The number of benzene rings is 2. The summed E-state index contributed by atoms with van der Waals surface area (Å²) in [5.74, 6) is 0.956. The molecule has 7 heteroatoms. The van der Waals surface area contributed by atoms with Crippen LogP contribution in [0, 0.1) is 5.92 Å². The normalized spacial score (nSPS) is 16.3. The summed E-state index contributed by atoms with van der Waals surface area (Å²) in [6.45, 7) is 5.11. The Bertz CT molecular complexity index is 911. The topological polar surface area (TPSA) is 58.6 Å². The number of nitrogens with one attached hydrogen (secondary N) is 1. The fourth-order valence-electron chi connectivity index (χ4n) is 3.20. The van der Waals surface area contributed by atoms with Crippen molar-refractivity contribution in [2.24, 2.45) is 5.92 Å². The molecule has 0 radical (unpaired) electrons. The van der Waals surface area contributed by atoms with E-state index in [-0.39, 0.29) is 18.2 Å². The second-order valence-electron chi connectivity index (χ2n) is 7.62. The van der Waals surface area contributed by atoms with Crippen LogP contribution >= 0.6 is 24.0 Å². The van der Waals surface area contributed by atoms with E-state index < -0.39 is 5.25 Å². The minimum absolute atomic E-state index is 0.0577. The number of methoxy groups -OCH3 is 1. The molecule has 1 aliphatic rings. The standard InChI is InChI=1S/C23H26N2O3S2/c1-15(2)14-25-22(27)20(30-23(25)29)12-21(26)24-13-16-4-6-17(7-5-16)18-8-10-19(28-3)11-9-18/h4-11,15,20H,12-14H2,1-3H3,(H,24,26). The van der Waals surface area contributed by atoms with E-state index in [1.54, 1.807) is 12.0 Å². The van der Waals surface area contributed by atoms with E-state index in [9.17, 15) is 9.59 Å². The molecule has 158 valence electrons. The number of thiocarbonyl (C=S) groups is 1.